The molecule has 1 aliphatic rings. The zero-order chi connectivity index (χ0) is 19.1. The van der Waals surface area contributed by atoms with Crippen LogP contribution in [0.2, 0.25) is 0 Å². The summed E-state index contributed by atoms with van der Waals surface area (Å²) in [4.78, 5) is 6.77. The Morgan fingerprint density at radius 2 is 2.15 bits per heavy atom. The van der Waals surface area contributed by atoms with Crippen LogP contribution in [0.25, 0.3) is 0 Å². The maximum atomic E-state index is 5.92. The third kappa shape index (κ3) is 5.32. The molecule has 0 aliphatic carbocycles. The zero-order valence-corrected chi connectivity index (χ0v) is 16.6. The van der Waals surface area contributed by atoms with Crippen LogP contribution in [0.4, 0.5) is 0 Å². The summed E-state index contributed by atoms with van der Waals surface area (Å²) in [5, 5.41) is 7.49. The third-order valence-corrected chi connectivity index (χ3v) is 5.10. The van der Waals surface area contributed by atoms with Gasteiger partial charge in [0, 0.05) is 38.2 Å². The molecule has 6 heteroatoms. The number of hydrogen-bond donors (Lipinski definition) is 1. The highest BCUT2D eigenvalue weighted by Gasteiger charge is 2.25. The molecule has 2 heterocycles. The lowest BCUT2D eigenvalue weighted by Gasteiger charge is -2.21. The van der Waals surface area contributed by atoms with Crippen LogP contribution >= 0.6 is 0 Å². The zero-order valence-electron chi connectivity index (χ0n) is 16.6. The van der Waals surface area contributed by atoms with Crippen LogP contribution in [0.1, 0.15) is 29.0 Å². The number of rotatable bonds is 7. The van der Waals surface area contributed by atoms with E-state index in [1.165, 1.54) is 11.1 Å². The standard InChI is InChI=1S/C21H30N4O2/c1-16-20(17(2)27-24-16)9-11-23-21(22-3)25-12-10-19(13-25)15-26-14-18-7-5-4-6-8-18/h4-8,19H,9-15H2,1-3H3,(H,22,23). The molecule has 1 N–H and O–H groups in total. The lowest BCUT2D eigenvalue weighted by atomic mass is 10.1. The van der Waals surface area contributed by atoms with Crippen LogP contribution in [-0.4, -0.2) is 49.3 Å². The Morgan fingerprint density at radius 3 is 2.85 bits per heavy atom. The molecule has 1 saturated heterocycles. The molecule has 1 atom stereocenters. The van der Waals surface area contributed by atoms with Crippen LogP contribution < -0.4 is 5.32 Å². The highest BCUT2D eigenvalue weighted by atomic mass is 16.5. The van der Waals surface area contributed by atoms with Crippen LogP contribution in [0.3, 0.4) is 0 Å². The number of aryl methyl sites for hydroxylation is 2. The van der Waals surface area contributed by atoms with Crippen molar-refractivity contribution < 1.29 is 9.26 Å². The van der Waals surface area contributed by atoms with Crippen LogP contribution in [0.15, 0.2) is 39.8 Å². The lowest BCUT2D eigenvalue weighted by Crippen LogP contribution is -2.41. The van der Waals surface area contributed by atoms with Crippen molar-refractivity contribution >= 4 is 5.96 Å². The summed E-state index contributed by atoms with van der Waals surface area (Å²) in [5.41, 5.74) is 3.39. The van der Waals surface area contributed by atoms with E-state index < -0.39 is 0 Å². The second kappa shape index (κ2) is 9.55. The van der Waals surface area contributed by atoms with Crippen molar-refractivity contribution in [3.63, 3.8) is 0 Å². The van der Waals surface area contributed by atoms with Crippen molar-refractivity contribution in [1.29, 1.82) is 0 Å². The van der Waals surface area contributed by atoms with Crippen molar-refractivity contribution in [3.05, 3.63) is 52.9 Å². The molecule has 1 aromatic heterocycles. The molecule has 0 radical (unpaired) electrons. The minimum absolute atomic E-state index is 0.551. The molecular weight excluding hydrogens is 340 g/mol. The minimum Gasteiger partial charge on any atom is -0.376 e. The number of guanidine groups is 1. The molecule has 1 fully saturated rings. The highest BCUT2D eigenvalue weighted by molar-refractivity contribution is 5.80. The molecule has 6 nitrogen and oxygen atoms in total. The first-order valence-electron chi connectivity index (χ1n) is 9.66. The predicted octanol–water partition coefficient (Wildman–Crippen LogP) is 2.95. The van der Waals surface area contributed by atoms with Gasteiger partial charge in [0.2, 0.25) is 0 Å². The van der Waals surface area contributed by atoms with E-state index in [9.17, 15) is 0 Å². The van der Waals surface area contributed by atoms with Gasteiger partial charge in [-0.15, -0.1) is 0 Å². The van der Waals surface area contributed by atoms with E-state index in [-0.39, 0.29) is 0 Å². The molecule has 1 aromatic carbocycles. The van der Waals surface area contributed by atoms with E-state index in [0.29, 0.717) is 12.5 Å². The molecule has 2 aromatic rings. The van der Waals surface area contributed by atoms with Gasteiger partial charge in [0.25, 0.3) is 0 Å². The molecule has 0 spiro atoms. The number of aliphatic imine (C=N–C) groups is 1. The van der Waals surface area contributed by atoms with Gasteiger partial charge in [-0.05, 0) is 32.3 Å². The highest BCUT2D eigenvalue weighted by Crippen LogP contribution is 2.17. The fourth-order valence-electron chi connectivity index (χ4n) is 3.57. The topological polar surface area (TPSA) is 62.9 Å². The second-order valence-electron chi connectivity index (χ2n) is 7.13. The predicted molar refractivity (Wildman–Crippen MR) is 107 cm³/mol. The van der Waals surface area contributed by atoms with Gasteiger partial charge >= 0.3 is 0 Å². The van der Waals surface area contributed by atoms with Gasteiger partial charge in [0.05, 0.1) is 18.9 Å². The first-order chi connectivity index (χ1) is 13.2. The molecule has 3 rings (SSSR count). The Bertz CT molecular complexity index is 722. The summed E-state index contributed by atoms with van der Waals surface area (Å²) >= 11 is 0. The summed E-state index contributed by atoms with van der Waals surface area (Å²) in [5.74, 6) is 2.42. The maximum absolute atomic E-state index is 5.92. The van der Waals surface area contributed by atoms with Gasteiger partial charge in [-0.3, -0.25) is 4.99 Å². The number of aromatic nitrogens is 1. The van der Waals surface area contributed by atoms with E-state index in [4.69, 9.17) is 9.26 Å². The molecule has 146 valence electrons. The van der Waals surface area contributed by atoms with E-state index in [1.807, 2.05) is 39.1 Å². The molecule has 1 aliphatic heterocycles. The van der Waals surface area contributed by atoms with Gasteiger partial charge in [-0.25, -0.2) is 0 Å². The van der Waals surface area contributed by atoms with Crippen molar-refractivity contribution in [3.8, 4) is 0 Å². The Hall–Kier alpha value is -2.34. The SMILES string of the molecule is CN=C(NCCc1c(C)noc1C)N1CCC(COCc2ccccc2)C1. The molecule has 0 bridgehead atoms. The third-order valence-electron chi connectivity index (χ3n) is 5.10. The molecular formula is C21H30N4O2. The first-order valence-corrected chi connectivity index (χ1v) is 9.66. The summed E-state index contributed by atoms with van der Waals surface area (Å²) in [6, 6.07) is 10.3. The second-order valence-corrected chi connectivity index (χ2v) is 7.13. The van der Waals surface area contributed by atoms with Crippen molar-refractivity contribution in [2.45, 2.75) is 33.3 Å². The number of benzene rings is 1. The number of hydrogen-bond acceptors (Lipinski definition) is 4. The van der Waals surface area contributed by atoms with Gasteiger partial charge in [-0.1, -0.05) is 35.5 Å². The fourth-order valence-corrected chi connectivity index (χ4v) is 3.57. The monoisotopic (exact) mass is 370 g/mol. The fraction of sp³-hybridized carbons (Fsp3) is 0.524. The number of likely N-dealkylation sites (tertiary alicyclic amines) is 1. The summed E-state index contributed by atoms with van der Waals surface area (Å²) in [7, 11) is 1.84. The largest absolute Gasteiger partial charge is 0.376 e. The van der Waals surface area contributed by atoms with Gasteiger partial charge in [0.15, 0.2) is 5.96 Å². The Morgan fingerprint density at radius 1 is 1.33 bits per heavy atom. The van der Waals surface area contributed by atoms with Crippen LogP contribution in [0.5, 0.6) is 0 Å². The molecule has 1 unspecified atom stereocenters. The van der Waals surface area contributed by atoms with E-state index >= 15 is 0 Å². The number of nitrogens with zero attached hydrogens (tertiary/aromatic N) is 3. The Labute approximate surface area is 161 Å². The average molecular weight is 370 g/mol. The average Bonchev–Trinajstić information content (AvgIpc) is 3.27. The Balaban J connectivity index is 1.40. The molecule has 0 amide bonds. The molecule has 0 saturated carbocycles. The van der Waals surface area contributed by atoms with E-state index in [2.05, 4.69) is 32.5 Å². The van der Waals surface area contributed by atoms with Crippen molar-refractivity contribution in [2.24, 2.45) is 10.9 Å². The maximum Gasteiger partial charge on any atom is 0.193 e. The van der Waals surface area contributed by atoms with Crippen molar-refractivity contribution in [1.82, 2.24) is 15.4 Å². The number of ether oxygens (including phenoxy) is 1. The van der Waals surface area contributed by atoms with Gasteiger partial charge in [0.1, 0.15) is 5.76 Å². The first kappa shape index (κ1) is 19.4. The normalized spacial score (nSPS) is 17.5. The quantitative estimate of drug-likeness (QED) is 0.600. The number of nitrogens with one attached hydrogen (secondary N) is 1. The van der Waals surface area contributed by atoms with E-state index in [0.717, 1.165) is 56.5 Å². The van der Waals surface area contributed by atoms with Crippen LogP contribution in [-0.2, 0) is 17.8 Å². The molecule has 27 heavy (non-hydrogen) atoms. The van der Waals surface area contributed by atoms with Crippen molar-refractivity contribution in [2.75, 3.05) is 33.3 Å². The minimum atomic E-state index is 0.551. The lowest BCUT2D eigenvalue weighted by molar-refractivity contribution is 0.0907. The van der Waals surface area contributed by atoms with Gasteiger partial charge < -0.3 is 19.5 Å². The van der Waals surface area contributed by atoms with Gasteiger partial charge in [-0.2, -0.15) is 0 Å². The smallest absolute Gasteiger partial charge is 0.193 e. The summed E-state index contributed by atoms with van der Waals surface area (Å²) in [6.07, 6.45) is 2.02. The Kier molecular flexibility index (Phi) is 6.87. The van der Waals surface area contributed by atoms with E-state index in [1.54, 1.807) is 0 Å². The van der Waals surface area contributed by atoms with Crippen LogP contribution in [0, 0.1) is 19.8 Å². The summed E-state index contributed by atoms with van der Waals surface area (Å²) in [6.45, 7) is 8.25. The summed E-state index contributed by atoms with van der Waals surface area (Å²) < 4.78 is 11.1.